The van der Waals surface area contributed by atoms with Crippen molar-refractivity contribution in [2.75, 3.05) is 6.54 Å². The van der Waals surface area contributed by atoms with Crippen molar-refractivity contribution in [3.63, 3.8) is 0 Å². The Balaban J connectivity index is 1.47. The van der Waals surface area contributed by atoms with Gasteiger partial charge >= 0.3 is 0 Å². The molecule has 0 spiro atoms. The SMILES string of the molecule is CCn1c(CC[C@]2(Cc3c(C(N)=O)sc4ccccc34)CCCN2)cc2ccc(C(=N)N)cc21. The number of nitrogen functional groups attached to an aromatic ring is 1. The lowest BCUT2D eigenvalue weighted by molar-refractivity contribution is 0.100. The molecule has 6 N–H and O–H groups in total. The summed E-state index contributed by atoms with van der Waals surface area (Å²) in [5.41, 5.74) is 15.7. The lowest BCUT2D eigenvalue weighted by Gasteiger charge is -2.30. The van der Waals surface area contributed by atoms with Crippen LogP contribution >= 0.6 is 11.3 Å². The summed E-state index contributed by atoms with van der Waals surface area (Å²) in [5.74, 6) is -0.244. The van der Waals surface area contributed by atoms with Gasteiger partial charge in [0.2, 0.25) is 0 Å². The third-order valence-corrected chi connectivity index (χ3v) is 8.47. The van der Waals surface area contributed by atoms with Gasteiger partial charge in [-0.2, -0.15) is 0 Å². The zero-order valence-electron chi connectivity index (χ0n) is 19.5. The number of carbonyl (C=O) groups excluding carboxylic acids is 1. The number of nitrogens with zero attached hydrogens (tertiary/aromatic N) is 1. The van der Waals surface area contributed by atoms with Crippen LogP contribution in [0.4, 0.5) is 0 Å². The molecular weight excluding hydrogens is 442 g/mol. The Kier molecular flexibility index (Phi) is 5.91. The number of hydrogen-bond acceptors (Lipinski definition) is 4. The molecule has 6 nitrogen and oxygen atoms in total. The van der Waals surface area contributed by atoms with E-state index in [1.807, 2.05) is 24.3 Å². The first-order valence-corrected chi connectivity index (χ1v) is 12.7. The highest BCUT2D eigenvalue weighted by Crippen LogP contribution is 2.37. The molecule has 0 unspecified atom stereocenters. The van der Waals surface area contributed by atoms with Crippen molar-refractivity contribution in [1.29, 1.82) is 5.41 Å². The number of primary amides is 1. The fraction of sp³-hybridized carbons (Fsp3) is 0.333. The highest BCUT2D eigenvalue weighted by molar-refractivity contribution is 7.21. The number of aromatic nitrogens is 1. The van der Waals surface area contributed by atoms with Crippen LogP contribution in [0.1, 0.15) is 52.7 Å². The van der Waals surface area contributed by atoms with Crippen LogP contribution < -0.4 is 16.8 Å². The molecule has 176 valence electrons. The number of nitrogens with one attached hydrogen (secondary N) is 2. The van der Waals surface area contributed by atoms with Gasteiger partial charge in [-0.3, -0.25) is 10.2 Å². The largest absolute Gasteiger partial charge is 0.384 e. The van der Waals surface area contributed by atoms with Gasteiger partial charge in [0, 0.05) is 33.6 Å². The van der Waals surface area contributed by atoms with Gasteiger partial charge in [-0.15, -0.1) is 11.3 Å². The highest BCUT2D eigenvalue weighted by Gasteiger charge is 2.35. The van der Waals surface area contributed by atoms with Gasteiger partial charge in [0.1, 0.15) is 5.84 Å². The van der Waals surface area contributed by atoms with Crippen molar-refractivity contribution in [2.45, 2.75) is 51.1 Å². The van der Waals surface area contributed by atoms with Crippen LogP contribution in [0.5, 0.6) is 0 Å². The molecule has 1 atom stereocenters. The van der Waals surface area contributed by atoms with Crippen molar-refractivity contribution in [3.05, 3.63) is 70.2 Å². The van der Waals surface area contributed by atoms with Crippen molar-refractivity contribution in [2.24, 2.45) is 11.5 Å². The second-order valence-electron chi connectivity index (χ2n) is 9.32. The minimum absolute atomic E-state index is 0.0619. The third kappa shape index (κ3) is 3.99. The van der Waals surface area contributed by atoms with Gasteiger partial charge in [0.15, 0.2) is 0 Å². The molecule has 5 rings (SSSR count). The van der Waals surface area contributed by atoms with Crippen molar-refractivity contribution in [1.82, 2.24) is 9.88 Å². The van der Waals surface area contributed by atoms with Crippen LogP contribution in [0, 0.1) is 5.41 Å². The lowest BCUT2D eigenvalue weighted by Crippen LogP contribution is -2.42. The number of amidine groups is 1. The van der Waals surface area contributed by atoms with Crippen LogP contribution in [0.2, 0.25) is 0 Å². The molecule has 3 heterocycles. The molecule has 7 heteroatoms. The van der Waals surface area contributed by atoms with Gasteiger partial charge < -0.3 is 21.4 Å². The van der Waals surface area contributed by atoms with Crippen LogP contribution in [-0.4, -0.2) is 28.4 Å². The Morgan fingerprint density at radius 1 is 1.21 bits per heavy atom. The molecule has 4 aromatic rings. The lowest BCUT2D eigenvalue weighted by atomic mass is 9.83. The minimum atomic E-state index is -0.336. The first-order chi connectivity index (χ1) is 16.4. The summed E-state index contributed by atoms with van der Waals surface area (Å²) in [6, 6.07) is 16.5. The van der Waals surface area contributed by atoms with Crippen molar-refractivity contribution < 1.29 is 4.79 Å². The number of rotatable bonds is 8. The number of aryl methyl sites for hydroxylation is 2. The van der Waals surface area contributed by atoms with E-state index in [0.717, 1.165) is 71.9 Å². The highest BCUT2D eigenvalue weighted by atomic mass is 32.1. The van der Waals surface area contributed by atoms with Crippen LogP contribution in [0.25, 0.3) is 21.0 Å². The maximum absolute atomic E-state index is 12.3. The summed E-state index contributed by atoms with van der Waals surface area (Å²) in [4.78, 5) is 13.0. The van der Waals surface area contributed by atoms with Crippen LogP contribution in [0.15, 0.2) is 48.5 Å². The van der Waals surface area contributed by atoms with Crippen molar-refractivity contribution >= 4 is 44.1 Å². The molecule has 1 fully saturated rings. The maximum Gasteiger partial charge on any atom is 0.259 e. The molecule has 0 aliphatic carbocycles. The summed E-state index contributed by atoms with van der Waals surface area (Å²) in [6.07, 6.45) is 4.92. The van der Waals surface area contributed by atoms with E-state index >= 15 is 0 Å². The number of thiophene rings is 1. The molecule has 0 saturated carbocycles. The molecule has 0 radical (unpaired) electrons. The van der Waals surface area contributed by atoms with Gasteiger partial charge in [0.05, 0.1) is 4.88 Å². The summed E-state index contributed by atoms with van der Waals surface area (Å²) in [5, 5.41) is 13.9. The maximum atomic E-state index is 12.3. The Morgan fingerprint density at radius 3 is 2.74 bits per heavy atom. The van der Waals surface area contributed by atoms with Gasteiger partial charge in [-0.05, 0) is 80.1 Å². The predicted molar refractivity (Wildman–Crippen MR) is 141 cm³/mol. The standard InChI is InChI=1S/C27H31N5OS/c1-2-32-19(14-17-8-9-18(25(28)29)15-22(17)32)10-12-27(11-5-13-31-27)16-21-20-6-3-4-7-23(20)34-24(21)26(30)33/h3-4,6-9,14-15,31H,2,5,10-13,16H2,1H3,(H3,28,29)(H2,30,33)/t27-/m0/s1. The first-order valence-electron chi connectivity index (χ1n) is 11.9. The molecule has 34 heavy (non-hydrogen) atoms. The fourth-order valence-electron chi connectivity index (χ4n) is 5.56. The zero-order chi connectivity index (χ0) is 23.9. The minimum Gasteiger partial charge on any atom is -0.384 e. The third-order valence-electron chi connectivity index (χ3n) is 7.25. The second-order valence-corrected chi connectivity index (χ2v) is 10.4. The van der Waals surface area contributed by atoms with E-state index in [2.05, 4.69) is 41.1 Å². The monoisotopic (exact) mass is 473 g/mol. The Morgan fingerprint density at radius 2 is 2.03 bits per heavy atom. The first kappa shape index (κ1) is 22.6. The molecule has 2 aromatic carbocycles. The van der Waals surface area contributed by atoms with Gasteiger partial charge in [0.25, 0.3) is 5.91 Å². The average molecular weight is 474 g/mol. The van der Waals surface area contributed by atoms with Crippen LogP contribution in [0.3, 0.4) is 0 Å². The summed E-state index contributed by atoms with van der Waals surface area (Å²) in [6.45, 7) is 4.01. The number of nitrogens with two attached hydrogens (primary N) is 2. The number of carbonyl (C=O) groups is 1. The smallest absolute Gasteiger partial charge is 0.259 e. The molecule has 1 aliphatic heterocycles. The van der Waals surface area contributed by atoms with Gasteiger partial charge in [-0.25, -0.2) is 0 Å². The topological polar surface area (TPSA) is 110 Å². The average Bonchev–Trinajstić information content (AvgIpc) is 3.53. The predicted octanol–water partition coefficient (Wildman–Crippen LogP) is 4.56. The van der Waals surface area contributed by atoms with E-state index in [4.69, 9.17) is 16.9 Å². The zero-order valence-corrected chi connectivity index (χ0v) is 20.3. The fourth-order valence-corrected chi connectivity index (χ4v) is 6.63. The summed E-state index contributed by atoms with van der Waals surface area (Å²) < 4.78 is 3.45. The number of hydrogen-bond donors (Lipinski definition) is 4. The van der Waals surface area contributed by atoms with E-state index in [1.165, 1.54) is 22.4 Å². The van der Waals surface area contributed by atoms with E-state index in [9.17, 15) is 4.79 Å². The molecule has 0 bridgehead atoms. The van der Waals surface area contributed by atoms with E-state index < -0.39 is 0 Å². The molecule has 1 amide bonds. The van der Waals surface area contributed by atoms with E-state index in [-0.39, 0.29) is 17.3 Å². The van der Waals surface area contributed by atoms with Crippen LogP contribution in [-0.2, 0) is 19.4 Å². The number of benzene rings is 2. The molecular formula is C27H31N5OS. The quantitative estimate of drug-likeness (QED) is 0.222. The molecule has 1 aliphatic rings. The van der Waals surface area contributed by atoms with Gasteiger partial charge in [-0.1, -0.05) is 30.3 Å². The summed E-state index contributed by atoms with van der Waals surface area (Å²) in [7, 11) is 0. The Bertz CT molecular complexity index is 1390. The number of amides is 1. The Hall–Kier alpha value is -3.16. The van der Waals surface area contributed by atoms with E-state index in [1.54, 1.807) is 0 Å². The van der Waals surface area contributed by atoms with Crippen molar-refractivity contribution in [3.8, 4) is 0 Å². The molecule has 2 aromatic heterocycles. The second kappa shape index (κ2) is 8.89. The Labute approximate surface area is 203 Å². The number of fused-ring (bicyclic) bond motifs is 2. The molecule has 1 saturated heterocycles. The van der Waals surface area contributed by atoms with E-state index in [0.29, 0.717) is 4.88 Å². The summed E-state index contributed by atoms with van der Waals surface area (Å²) >= 11 is 1.51. The normalized spacial score (nSPS) is 18.1.